The van der Waals surface area contributed by atoms with Crippen molar-refractivity contribution in [3.05, 3.63) is 59.9 Å². The van der Waals surface area contributed by atoms with Crippen molar-refractivity contribution >= 4 is 5.69 Å². The third-order valence-electron chi connectivity index (χ3n) is 3.38. The summed E-state index contributed by atoms with van der Waals surface area (Å²) >= 11 is 0. The van der Waals surface area contributed by atoms with Gasteiger partial charge in [-0.05, 0) is 30.7 Å². The zero-order valence-corrected chi connectivity index (χ0v) is 12.3. The maximum absolute atomic E-state index is 4.39. The van der Waals surface area contributed by atoms with E-state index in [2.05, 4.69) is 71.6 Å². The van der Waals surface area contributed by atoms with Crippen LogP contribution in [0.3, 0.4) is 0 Å². The molecule has 0 unspecified atom stereocenters. The fourth-order valence-electron chi connectivity index (χ4n) is 2.12. The lowest BCUT2D eigenvalue weighted by Crippen LogP contribution is -2.21. The van der Waals surface area contributed by atoms with Gasteiger partial charge in [-0.1, -0.05) is 37.3 Å². The number of hydrogen-bond acceptors (Lipinski definition) is 3. The Morgan fingerprint density at radius 2 is 1.95 bits per heavy atom. The minimum absolute atomic E-state index is 0.830. The summed E-state index contributed by atoms with van der Waals surface area (Å²) in [5.41, 5.74) is 3.70. The van der Waals surface area contributed by atoms with Gasteiger partial charge in [0.1, 0.15) is 0 Å². The number of nitrogens with zero attached hydrogens (tertiary/aromatic N) is 2. The first-order valence-corrected chi connectivity index (χ1v) is 7.20. The Morgan fingerprint density at radius 3 is 2.70 bits per heavy atom. The second kappa shape index (κ2) is 7.65. The molecule has 2 rings (SSSR count). The molecule has 0 aliphatic heterocycles. The van der Waals surface area contributed by atoms with Crippen LogP contribution in [0.2, 0.25) is 0 Å². The largest absolute Gasteiger partial charge is 0.374 e. The van der Waals surface area contributed by atoms with Gasteiger partial charge < -0.3 is 10.2 Å². The van der Waals surface area contributed by atoms with Gasteiger partial charge in [-0.2, -0.15) is 0 Å². The third-order valence-corrected chi connectivity index (χ3v) is 3.38. The number of rotatable bonds is 7. The molecule has 0 amide bonds. The maximum atomic E-state index is 4.39. The van der Waals surface area contributed by atoms with Gasteiger partial charge in [-0.25, -0.2) is 0 Å². The number of pyridine rings is 1. The summed E-state index contributed by atoms with van der Waals surface area (Å²) in [5, 5.41) is 3.31. The molecule has 0 fully saturated rings. The standard InChI is InChI=1S/C17H23N3/c1-3-18-14-16-13-17(9-11-19-16)20(2)12-10-15-7-5-4-6-8-15/h4-9,11,13,18H,3,10,12,14H2,1-2H3. The van der Waals surface area contributed by atoms with Crippen LogP contribution in [0.5, 0.6) is 0 Å². The van der Waals surface area contributed by atoms with Crippen LogP contribution < -0.4 is 10.2 Å². The number of anilines is 1. The fraction of sp³-hybridized carbons (Fsp3) is 0.353. The van der Waals surface area contributed by atoms with E-state index >= 15 is 0 Å². The van der Waals surface area contributed by atoms with Gasteiger partial charge >= 0.3 is 0 Å². The summed E-state index contributed by atoms with van der Waals surface area (Å²) in [6.07, 6.45) is 2.95. The highest BCUT2D eigenvalue weighted by atomic mass is 15.1. The predicted octanol–water partition coefficient (Wildman–Crippen LogP) is 2.87. The quantitative estimate of drug-likeness (QED) is 0.837. The van der Waals surface area contributed by atoms with Crippen LogP contribution in [0.25, 0.3) is 0 Å². The highest BCUT2D eigenvalue weighted by Gasteiger charge is 2.03. The van der Waals surface area contributed by atoms with E-state index in [1.807, 2.05) is 6.20 Å². The molecule has 1 aromatic heterocycles. The van der Waals surface area contributed by atoms with Crippen molar-refractivity contribution in [1.82, 2.24) is 10.3 Å². The molecule has 0 aliphatic rings. The minimum Gasteiger partial charge on any atom is -0.374 e. The first kappa shape index (κ1) is 14.5. The topological polar surface area (TPSA) is 28.2 Å². The lowest BCUT2D eigenvalue weighted by Gasteiger charge is -2.20. The maximum Gasteiger partial charge on any atom is 0.0562 e. The molecule has 1 aromatic carbocycles. The van der Waals surface area contributed by atoms with E-state index in [-0.39, 0.29) is 0 Å². The molecule has 1 heterocycles. The lowest BCUT2D eigenvalue weighted by atomic mass is 10.1. The lowest BCUT2D eigenvalue weighted by molar-refractivity contribution is 0.710. The summed E-state index contributed by atoms with van der Waals surface area (Å²) in [5.74, 6) is 0. The van der Waals surface area contributed by atoms with Gasteiger partial charge in [0.2, 0.25) is 0 Å². The monoisotopic (exact) mass is 269 g/mol. The van der Waals surface area contributed by atoms with Gasteiger partial charge in [0.15, 0.2) is 0 Å². The number of likely N-dealkylation sites (N-methyl/N-ethyl adjacent to an activating group) is 1. The predicted molar refractivity (Wildman–Crippen MR) is 85.0 cm³/mol. The third kappa shape index (κ3) is 4.35. The smallest absolute Gasteiger partial charge is 0.0562 e. The van der Waals surface area contributed by atoms with Crippen LogP contribution in [0, 0.1) is 0 Å². The van der Waals surface area contributed by atoms with Crippen LogP contribution in [-0.2, 0) is 13.0 Å². The molecule has 0 atom stereocenters. The second-order valence-electron chi connectivity index (χ2n) is 4.94. The van der Waals surface area contributed by atoms with Crippen LogP contribution >= 0.6 is 0 Å². The average molecular weight is 269 g/mol. The van der Waals surface area contributed by atoms with E-state index < -0.39 is 0 Å². The van der Waals surface area contributed by atoms with E-state index in [4.69, 9.17) is 0 Å². The second-order valence-corrected chi connectivity index (χ2v) is 4.94. The fourth-order valence-corrected chi connectivity index (χ4v) is 2.12. The number of nitrogens with one attached hydrogen (secondary N) is 1. The van der Waals surface area contributed by atoms with Crippen molar-refractivity contribution in [2.24, 2.45) is 0 Å². The number of aromatic nitrogens is 1. The molecule has 2 aromatic rings. The first-order chi connectivity index (χ1) is 9.79. The molecule has 0 saturated heterocycles. The first-order valence-electron chi connectivity index (χ1n) is 7.20. The van der Waals surface area contributed by atoms with Gasteiger partial charge in [0.05, 0.1) is 5.69 Å². The Morgan fingerprint density at radius 1 is 1.15 bits per heavy atom. The van der Waals surface area contributed by atoms with Crippen LogP contribution in [0.4, 0.5) is 5.69 Å². The summed E-state index contributed by atoms with van der Waals surface area (Å²) in [6, 6.07) is 14.8. The minimum atomic E-state index is 0.830. The number of hydrogen-bond donors (Lipinski definition) is 1. The van der Waals surface area contributed by atoms with Crippen LogP contribution in [-0.4, -0.2) is 25.1 Å². The Bertz CT molecular complexity index is 511. The molecule has 0 spiro atoms. The SMILES string of the molecule is CCNCc1cc(N(C)CCc2ccccc2)ccn1. The molecule has 106 valence electrons. The number of benzene rings is 1. The summed E-state index contributed by atoms with van der Waals surface area (Å²) < 4.78 is 0. The molecule has 0 radical (unpaired) electrons. The van der Waals surface area contributed by atoms with Crippen molar-refractivity contribution in [3.8, 4) is 0 Å². The van der Waals surface area contributed by atoms with Crippen molar-refractivity contribution in [2.45, 2.75) is 19.9 Å². The van der Waals surface area contributed by atoms with Gasteiger partial charge in [-0.15, -0.1) is 0 Å². The Hall–Kier alpha value is -1.87. The Kier molecular flexibility index (Phi) is 5.56. The molecular formula is C17H23N3. The normalized spacial score (nSPS) is 10.5. The van der Waals surface area contributed by atoms with E-state index in [9.17, 15) is 0 Å². The van der Waals surface area contributed by atoms with Crippen molar-refractivity contribution in [1.29, 1.82) is 0 Å². The van der Waals surface area contributed by atoms with E-state index in [0.717, 1.165) is 31.7 Å². The molecule has 1 N–H and O–H groups in total. The van der Waals surface area contributed by atoms with Gasteiger partial charge in [0.25, 0.3) is 0 Å². The summed E-state index contributed by atoms with van der Waals surface area (Å²) in [4.78, 5) is 6.67. The zero-order valence-electron chi connectivity index (χ0n) is 12.3. The van der Waals surface area contributed by atoms with Crippen LogP contribution in [0.1, 0.15) is 18.2 Å². The molecule has 0 bridgehead atoms. The van der Waals surface area contributed by atoms with Crippen molar-refractivity contribution in [3.63, 3.8) is 0 Å². The zero-order chi connectivity index (χ0) is 14.2. The van der Waals surface area contributed by atoms with Crippen molar-refractivity contribution in [2.75, 3.05) is 25.0 Å². The van der Waals surface area contributed by atoms with Gasteiger partial charge in [-0.3, -0.25) is 4.98 Å². The van der Waals surface area contributed by atoms with E-state index in [1.54, 1.807) is 0 Å². The van der Waals surface area contributed by atoms with Crippen molar-refractivity contribution < 1.29 is 0 Å². The molecule has 0 saturated carbocycles. The highest BCUT2D eigenvalue weighted by molar-refractivity contribution is 5.45. The Balaban J connectivity index is 1.93. The summed E-state index contributed by atoms with van der Waals surface area (Å²) in [7, 11) is 2.13. The van der Waals surface area contributed by atoms with Crippen LogP contribution in [0.15, 0.2) is 48.7 Å². The average Bonchev–Trinajstić information content (AvgIpc) is 2.52. The Labute approximate surface area is 121 Å². The molecule has 20 heavy (non-hydrogen) atoms. The van der Waals surface area contributed by atoms with Gasteiger partial charge in [0, 0.05) is 32.0 Å². The van der Waals surface area contributed by atoms with E-state index in [0.29, 0.717) is 0 Å². The molecule has 0 aliphatic carbocycles. The molecule has 3 heteroatoms. The molecule has 3 nitrogen and oxygen atoms in total. The molecular weight excluding hydrogens is 246 g/mol. The van der Waals surface area contributed by atoms with E-state index in [1.165, 1.54) is 11.3 Å². The summed E-state index contributed by atoms with van der Waals surface area (Å²) in [6.45, 7) is 4.91. The highest BCUT2D eigenvalue weighted by Crippen LogP contribution is 2.13.